The van der Waals surface area contributed by atoms with Gasteiger partial charge < -0.3 is 9.84 Å². The number of thiophene rings is 1. The molecule has 1 atom stereocenters. The lowest BCUT2D eigenvalue weighted by Crippen LogP contribution is -2.45. The summed E-state index contributed by atoms with van der Waals surface area (Å²) in [6.07, 6.45) is 0.169. The highest BCUT2D eigenvalue weighted by Gasteiger charge is 2.26. The molecule has 90 valence electrons. The molecular formula is C12H19NO2S. The van der Waals surface area contributed by atoms with E-state index in [1.807, 2.05) is 13.8 Å². The van der Waals surface area contributed by atoms with Gasteiger partial charge in [0.15, 0.2) is 0 Å². The monoisotopic (exact) mass is 241 g/mol. The Hall–Kier alpha value is -0.420. The summed E-state index contributed by atoms with van der Waals surface area (Å²) in [6.45, 7) is 6.93. The Morgan fingerprint density at radius 2 is 2.44 bits per heavy atom. The van der Waals surface area contributed by atoms with Crippen LogP contribution in [0, 0.1) is 0 Å². The van der Waals surface area contributed by atoms with E-state index >= 15 is 0 Å². The van der Waals surface area contributed by atoms with E-state index in [4.69, 9.17) is 4.74 Å². The second-order valence-corrected chi connectivity index (χ2v) is 5.74. The standard InChI is InChI=1S/C12H19NO2S/c1-12(2,14)9-13-4-5-15-11(7-13)10-3-6-16-8-10/h3,6,8,11,14H,4-5,7,9H2,1-2H3. The van der Waals surface area contributed by atoms with E-state index in [0.717, 1.165) is 19.7 Å². The number of nitrogens with zero attached hydrogens (tertiary/aromatic N) is 1. The number of hydrogen-bond donors (Lipinski definition) is 1. The normalized spacial score (nSPS) is 23.6. The van der Waals surface area contributed by atoms with E-state index in [1.54, 1.807) is 11.3 Å². The van der Waals surface area contributed by atoms with Crippen LogP contribution in [-0.2, 0) is 4.74 Å². The van der Waals surface area contributed by atoms with Gasteiger partial charge in [0.1, 0.15) is 0 Å². The van der Waals surface area contributed by atoms with Crippen molar-refractivity contribution in [3.8, 4) is 0 Å². The van der Waals surface area contributed by atoms with Crippen molar-refractivity contribution in [3.63, 3.8) is 0 Å². The summed E-state index contributed by atoms with van der Waals surface area (Å²) in [5.41, 5.74) is 0.627. The van der Waals surface area contributed by atoms with Crippen LogP contribution in [0.3, 0.4) is 0 Å². The molecule has 1 aromatic rings. The van der Waals surface area contributed by atoms with Crippen LogP contribution in [0.25, 0.3) is 0 Å². The molecule has 0 spiro atoms. The highest BCUT2D eigenvalue weighted by molar-refractivity contribution is 7.07. The lowest BCUT2D eigenvalue weighted by molar-refractivity contribution is -0.0562. The second kappa shape index (κ2) is 4.84. The molecule has 1 unspecified atom stereocenters. The summed E-state index contributed by atoms with van der Waals surface area (Å²) >= 11 is 1.70. The minimum Gasteiger partial charge on any atom is -0.389 e. The van der Waals surface area contributed by atoms with Crippen molar-refractivity contribution in [2.24, 2.45) is 0 Å². The maximum Gasteiger partial charge on any atom is 0.0960 e. The van der Waals surface area contributed by atoms with Gasteiger partial charge in [0.25, 0.3) is 0 Å². The maximum atomic E-state index is 9.81. The van der Waals surface area contributed by atoms with Gasteiger partial charge in [0, 0.05) is 19.6 Å². The average molecular weight is 241 g/mol. The number of morpholine rings is 1. The van der Waals surface area contributed by atoms with Crippen molar-refractivity contribution in [3.05, 3.63) is 22.4 Å². The molecule has 2 heterocycles. The number of ether oxygens (including phenoxy) is 1. The molecule has 1 N–H and O–H groups in total. The summed E-state index contributed by atoms with van der Waals surface area (Å²) in [6, 6.07) is 2.11. The molecule has 1 aliphatic heterocycles. The van der Waals surface area contributed by atoms with Crippen LogP contribution in [0.1, 0.15) is 25.5 Å². The van der Waals surface area contributed by atoms with Gasteiger partial charge in [0.2, 0.25) is 0 Å². The Morgan fingerprint density at radius 1 is 1.62 bits per heavy atom. The Balaban J connectivity index is 1.94. The molecule has 0 saturated carbocycles. The Labute approximate surface area is 101 Å². The van der Waals surface area contributed by atoms with Crippen molar-refractivity contribution < 1.29 is 9.84 Å². The van der Waals surface area contributed by atoms with Gasteiger partial charge in [-0.25, -0.2) is 0 Å². The van der Waals surface area contributed by atoms with E-state index in [-0.39, 0.29) is 6.10 Å². The zero-order valence-electron chi connectivity index (χ0n) is 9.85. The van der Waals surface area contributed by atoms with Crippen LogP contribution in [0.4, 0.5) is 0 Å². The van der Waals surface area contributed by atoms with E-state index in [2.05, 4.69) is 21.7 Å². The van der Waals surface area contributed by atoms with E-state index in [0.29, 0.717) is 6.54 Å². The Morgan fingerprint density at radius 3 is 3.06 bits per heavy atom. The molecule has 0 aromatic carbocycles. The van der Waals surface area contributed by atoms with Gasteiger partial charge in [-0.2, -0.15) is 11.3 Å². The van der Waals surface area contributed by atoms with Gasteiger partial charge in [-0.1, -0.05) is 0 Å². The maximum absolute atomic E-state index is 9.81. The smallest absolute Gasteiger partial charge is 0.0960 e. The quantitative estimate of drug-likeness (QED) is 0.877. The van der Waals surface area contributed by atoms with Gasteiger partial charge in [-0.05, 0) is 36.2 Å². The van der Waals surface area contributed by atoms with E-state index in [9.17, 15) is 5.11 Å². The first-order chi connectivity index (χ1) is 7.54. The minimum absolute atomic E-state index is 0.169. The highest BCUT2D eigenvalue weighted by atomic mass is 32.1. The summed E-state index contributed by atoms with van der Waals surface area (Å²) < 4.78 is 5.75. The summed E-state index contributed by atoms with van der Waals surface area (Å²) in [5.74, 6) is 0. The molecule has 0 radical (unpaired) electrons. The van der Waals surface area contributed by atoms with Gasteiger partial charge in [0.05, 0.1) is 18.3 Å². The fourth-order valence-corrected chi connectivity index (χ4v) is 2.75. The van der Waals surface area contributed by atoms with Crippen molar-refractivity contribution in [1.82, 2.24) is 4.90 Å². The van der Waals surface area contributed by atoms with Crippen LogP contribution in [0.5, 0.6) is 0 Å². The number of aliphatic hydroxyl groups is 1. The molecule has 1 fully saturated rings. The topological polar surface area (TPSA) is 32.7 Å². The molecule has 1 aromatic heterocycles. The van der Waals surface area contributed by atoms with E-state index < -0.39 is 5.60 Å². The molecule has 0 bridgehead atoms. The van der Waals surface area contributed by atoms with Crippen LogP contribution >= 0.6 is 11.3 Å². The second-order valence-electron chi connectivity index (χ2n) is 4.96. The van der Waals surface area contributed by atoms with Crippen molar-refractivity contribution in [2.45, 2.75) is 25.6 Å². The van der Waals surface area contributed by atoms with Crippen LogP contribution in [0.2, 0.25) is 0 Å². The first-order valence-corrected chi connectivity index (χ1v) is 6.57. The molecule has 1 saturated heterocycles. The van der Waals surface area contributed by atoms with Gasteiger partial charge in [-0.3, -0.25) is 4.90 Å². The third-order valence-electron chi connectivity index (χ3n) is 2.68. The molecule has 2 rings (SSSR count). The van der Waals surface area contributed by atoms with Crippen molar-refractivity contribution in [2.75, 3.05) is 26.2 Å². The largest absolute Gasteiger partial charge is 0.389 e. The van der Waals surface area contributed by atoms with E-state index in [1.165, 1.54) is 5.56 Å². The fraction of sp³-hybridized carbons (Fsp3) is 0.667. The fourth-order valence-electron chi connectivity index (χ4n) is 2.05. The van der Waals surface area contributed by atoms with Gasteiger partial charge >= 0.3 is 0 Å². The average Bonchev–Trinajstić information content (AvgIpc) is 2.68. The Kier molecular flexibility index (Phi) is 3.64. The summed E-state index contributed by atoms with van der Waals surface area (Å²) in [7, 11) is 0. The third kappa shape index (κ3) is 3.28. The molecule has 1 aliphatic rings. The van der Waals surface area contributed by atoms with Crippen molar-refractivity contribution >= 4 is 11.3 Å². The molecule has 0 aliphatic carbocycles. The van der Waals surface area contributed by atoms with Crippen molar-refractivity contribution in [1.29, 1.82) is 0 Å². The molecule has 3 nitrogen and oxygen atoms in total. The first kappa shape index (κ1) is 12.0. The summed E-state index contributed by atoms with van der Waals surface area (Å²) in [4.78, 5) is 2.27. The van der Waals surface area contributed by atoms with Gasteiger partial charge in [-0.15, -0.1) is 0 Å². The highest BCUT2D eigenvalue weighted by Crippen LogP contribution is 2.24. The Bertz CT molecular complexity index is 318. The zero-order valence-corrected chi connectivity index (χ0v) is 10.7. The minimum atomic E-state index is -0.628. The number of β-amino-alcohol motifs (C(OH)–C–C–N with tert-alkyl or cyclic N) is 1. The zero-order chi connectivity index (χ0) is 11.6. The van der Waals surface area contributed by atoms with Crippen LogP contribution < -0.4 is 0 Å². The SMILES string of the molecule is CC(C)(O)CN1CCOC(c2ccsc2)C1. The molecular weight excluding hydrogens is 222 g/mol. The predicted molar refractivity (Wildman–Crippen MR) is 65.7 cm³/mol. The third-order valence-corrected chi connectivity index (χ3v) is 3.38. The lowest BCUT2D eigenvalue weighted by atomic mass is 10.1. The number of hydrogen-bond acceptors (Lipinski definition) is 4. The molecule has 4 heteroatoms. The first-order valence-electron chi connectivity index (χ1n) is 5.63. The van der Waals surface area contributed by atoms with Crippen LogP contribution in [0.15, 0.2) is 16.8 Å². The summed E-state index contributed by atoms with van der Waals surface area (Å²) in [5, 5.41) is 14.0. The number of rotatable bonds is 3. The molecule has 0 amide bonds. The predicted octanol–water partition coefficient (Wildman–Crippen LogP) is 1.89. The molecule has 16 heavy (non-hydrogen) atoms. The lowest BCUT2D eigenvalue weighted by Gasteiger charge is -2.35. The van der Waals surface area contributed by atoms with Crippen LogP contribution in [-0.4, -0.2) is 41.8 Å².